The van der Waals surface area contributed by atoms with Crippen molar-refractivity contribution in [2.24, 2.45) is 11.7 Å². The summed E-state index contributed by atoms with van der Waals surface area (Å²) in [4.78, 5) is 2.22. The molecule has 0 spiro atoms. The molecule has 0 bridgehead atoms. The first-order valence-electron chi connectivity index (χ1n) is 7.72. The molecule has 3 rings (SSSR count). The number of hydrogen-bond acceptors (Lipinski definition) is 2. The zero-order valence-corrected chi connectivity index (χ0v) is 12.0. The van der Waals surface area contributed by atoms with Crippen molar-refractivity contribution in [1.82, 2.24) is 4.90 Å². The second-order valence-corrected chi connectivity index (χ2v) is 6.18. The van der Waals surface area contributed by atoms with Crippen molar-refractivity contribution in [3.05, 3.63) is 35.1 Å². The van der Waals surface area contributed by atoms with Gasteiger partial charge in [0.25, 0.3) is 0 Å². The van der Waals surface area contributed by atoms with Crippen LogP contribution in [0.5, 0.6) is 0 Å². The number of rotatable bonds is 3. The van der Waals surface area contributed by atoms with E-state index in [0.29, 0.717) is 18.0 Å². The zero-order valence-electron chi connectivity index (χ0n) is 12.0. The molecule has 0 radical (unpaired) electrons. The molecule has 1 aromatic rings. The molecule has 3 unspecified atom stereocenters. The lowest BCUT2D eigenvalue weighted by molar-refractivity contribution is 0.0683. The number of benzene rings is 1. The van der Waals surface area contributed by atoms with Crippen LogP contribution >= 0.6 is 0 Å². The van der Waals surface area contributed by atoms with Crippen LogP contribution in [0.4, 0.5) is 13.2 Å². The van der Waals surface area contributed by atoms with Gasteiger partial charge in [0.15, 0.2) is 11.6 Å². The maximum absolute atomic E-state index is 14.1. The molecular formula is C16H21F3N2. The highest BCUT2D eigenvalue weighted by Crippen LogP contribution is 2.41. The molecule has 2 aliphatic rings. The van der Waals surface area contributed by atoms with Crippen LogP contribution in [-0.4, -0.2) is 24.0 Å². The van der Waals surface area contributed by atoms with Gasteiger partial charge in [0.05, 0.1) is 6.04 Å². The second kappa shape index (κ2) is 5.97. The van der Waals surface area contributed by atoms with Gasteiger partial charge >= 0.3 is 0 Å². The van der Waals surface area contributed by atoms with Crippen LogP contribution in [-0.2, 0) is 0 Å². The van der Waals surface area contributed by atoms with Crippen molar-refractivity contribution in [3.8, 4) is 0 Å². The predicted octanol–water partition coefficient (Wildman–Crippen LogP) is 3.37. The molecule has 116 valence electrons. The quantitative estimate of drug-likeness (QED) is 0.867. The third kappa shape index (κ3) is 2.69. The van der Waals surface area contributed by atoms with Crippen LogP contribution in [0.2, 0.25) is 0 Å². The Hall–Kier alpha value is -1.07. The van der Waals surface area contributed by atoms with Crippen LogP contribution in [0.3, 0.4) is 0 Å². The smallest absolute Gasteiger partial charge is 0.161 e. The Labute approximate surface area is 123 Å². The SMILES string of the molecule is NCC(c1cc(F)c(F)cc1F)N1CCCC2CCCC21. The van der Waals surface area contributed by atoms with Gasteiger partial charge in [-0.3, -0.25) is 4.90 Å². The highest BCUT2D eigenvalue weighted by atomic mass is 19.2. The fraction of sp³-hybridized carbons (Fsp3) is 0.625. The number of nitrogens with zero attached hydrogens (tertiary/aromatic N) is 1. The van der Waals surface area contributed by atoms with Crippen molar-refractivity contribution in [2.75, 3.05) is 13.1 Å². The average molecular weight is 298 g/mol. The number of likely N-dealkylation sites (tertiary alicyclic amines) is 1. The molecule has 21 heavy (non-hydrogen) atoms. The Kier molecular flexibility index (Phi) is 4.22. The van der Waals surface area contributed by atoms with Gasteiger partial charge in [-0.15, -0.1) is 0 Å². The van der Waals surface area contributed by atoms with E-state index in [-0.39, 0.29) is 18.2 Å². The summed E-state index contributed by atoms with van der Waals surface area (Å²) in [7, 11) is 0. The topological polar surface area (TPSA) is 29.3 Å². The molecule has 1 saturated heterocycles. The standard InChI is InChI=1S/C16H21F3N2/c17-12-8-14(19)13(18)7-11(12)16(9-20)21-6-2-4-10-3-1-5-15(10)21/h7-8,10,15-16H,1-6,9,20H2. The number of piperidine rings is 1. The van der Waals surface area contributed by atoms with Crippen molar-refractivity contribution < 1.29 is 13.2 Å². The lowest BCUT2D eigenvalue weighted by Crippen LogP contribution is -2.47. The number of hydrogen-bond donors (Lipinski definition) is 1. The van der Waals surface area contributed by atoms with Crippen molar-refractivity contribution in [1.29, 1.82) is 0 Å². The Morgan fingerprint density at radius 3 is 2.52 bits per heavy atom. The van der Waals surface area contributed by atoms with Gasteiger partial charge in [-0.05, 0) is 44.2 Å². The van der Waals surface area contributed by atoms with Crippen LogP contribution in [0.1, 0.15) is 43.7 Å². The summed E-state index contributed by atoms with van der Waals surface area (Å²) in [5.41, 5.74) is 6.04. The van der Waals surface area contributed by atoms with E-state index < -0.39 is 17.5 Å². The molecule has 1 aromatic carbocycles. The molecule has 5 heteroatoms. The first kappa shape index (κ1) is 14.9. The van der Waals surface area contributed by atoms with Crippen LogP contribution in [0.15, 0.2) is 12.1 Å². The summed E-state index contributed by atoms with van der Waals surface area (Å²) in [5.74, 6) is -2.22. The molecule has 1 heterocycles. The van der Waals surface area contributed by atoms with E-state index in [2.05, 4.69) is 4.90 Å². The van der Waals surface area contributed by atoms with Crippen molar-refractivity contribution >= 4 is 0 Å². The van der Waals surface area contributed by atoms with Gasteiger partial charge in [0.1, 0.15) is 5.82 Å². The Bertz CT molecular complexity index is 520. The number of fused-ring (bicyclic) bond motifs is 1. The second-order valence-electron chi connectivity index (χ2n) is 6.18. The Morgan fingerprint density at radius 2 is 1.76 bits per heavy atom. The third-order valence-electron chi connectivity index (χ3n) is 5.06. The maximum atomic E-state index is 14.1. The van der Waals surface area contributed by atoms with E-state index in [1.807, 2.05) is 0 Å². The van der Waals surface area contributed by atoms with E-state index in [0.717, 1.165) is 25.5 Å². The van der Waals surface area contributed by atoms with E-state index in [1.54, 1.807) is 0 Å². The lowest BCUT2D eigenvalue weighted by Gasteiger charge is -2.42. The van der Waals surface area contributed by atoms with E-state index in [4.69, 9.17) is 5.73 Å². The summed E-state index contributed by atoms with van der Waals surface area (Å²) >= 11 is 0. The molecular weight excluding hydrogens is 277 g/mol. The van der Waals surface area contributed by atoms with E-state index in [1.165, 1.54) is 19.3 Å². The molecule has 2 fully saturated rings. The predicted molar refractivity (Wildman–Crippen MR) is 75.2 cm³/mol. The fourth-order valence-corrected chi connectivity index (χ4v) is 4.11. The lowest BCUT2D eigenvalue weighted by atomic mass is 9.89. The minimum atomic E-state index is -1.15. The van der Waals surface area contributed by atoms with Gasteiger partial charge < -0.3 is 5.73 Å². The van der Waals surface area contributed by atoms with Crippen LogP contribution < -0.4 is 5.73 Å². The van der Waals surface area contributed by atoms with Gasteiger partial charge in [0, 0.05) is 24.2 Å². The fourth-order valence-electron chi connectivity index (χ4n) is 4.11. The summed E-state index contributed by atoms with van der Waals surface area (Å²) in [6.07, 6.45) is 5.75. The Balaban J connectivity index is 1.92. The summed E-state index contributed by atoms with van der Waals surface area (Å²) in [6, 6.07) is 1.63. The molecule has 1 aliphatic carbocycles. The van der Waals surface area contributed by atoms with Gasteiger partial charge in [-0.25, -0.2) is 13.2 Å². The largest absolute Gasteiger partial charge is 0.329 e. The third-order valence-corrected chi connectivity index (χ3v) is 5.06. The van der Waals surface area contributed by atoms with E-state index >= 15 is 0 Å². The minimum absolute atomic E-state index is 0.184. The average Bonchev–Trinajstić information content (AvgIpc) is 2.94. The molecule has 3 atom stereocenters. The molecule has 2 N–H and O–H groups in total. The molecule has 2 nitrogen and oxygen atoms in total. The summed E-state index contributed by atoms with van der Waals surface area (Å²) in [5, 5.41) is 0. The molecule has 1 aliphatic heterocycles. The number of halogens is 3. The number of nitrogens with two attached hydrogens (primary N) is 1. The maximum Gasteiger partial charge on any atom is 0.161 e. The summed E-state index contributed by atoms with van der Waals surface area (Å²) < 4.78 is 40.7. The van der Waals surface area contributed by atoms with Crippen molar-refractivity contribution in [3.63, 3.8) is 0 Å². The van der Waals surface area contributed by atoms with Gasteiger partial charge in [0.2, 0.25) is 0 Å². The molecule has 0 aromatic heterocycles. The van der Waals surface area contributed by atoms with Gasteiger partial charge in [-0.1, -0.05) is 6.42 Å². The van der Waals surface area contributed by atoms with Crippen molar-refractivity contribution in [2.45, 2.75) is 44.2 Å². The van der Waals surface area contributed by atoms with Gasteiger partial charge in [-0.2, -0.15) is 0 Å². The molecule has 1 saturated carbocycles. The Morgan fingerprint density at radius 1 is 1.05 bits per heavy atom. The van der Waals surface area contributed by atoms with Crippen LogP contribution in [0.25, 0.3) is 0 Å². The van der Waals surface area contributed by atoms with E-state index in [9.17, 15) is 13.2 Å². The zero-order chi connectivity index (χ0) is 15.0. The van der Waals surface area contributed by atoms with Crippen LogP contribution in [0, 0.1) is 23.4 Å². The monoisotopic (exact) mass is 298 g/mol. The first-order chi connectivity index (χ1) is 10.1. The normalized spacial score (nSPS) is 27.6. The molecule has 0 amide bonds. The minimum Gasteiger partial charge on any atom is -0.329 e. The first-order valence-corrected chi connectivity index (χ1v) is 7.72. The highest BCUT2D eigenvalue weighted by Gasteiger charge is 2.39. The highest BCUT2D eigenvalue weighted by molar-refractivity contribution is 5.24. The summed E-state index contributed by atoms with van der Waals surface area (Å²) in [6.45, 7) is 1.06.